The number of rotatable bonds is 4. The van der Waals surface area contributed by atoms with Crippen LogP contribution in [0.2, 0.25) is 0 Å². The van der Waals surface area contributed by atoms with Crippen LogP contribution in [0.1, 0.15) is 12.6 Å². The second-order valence-corrected chi connectivity index (χ2v) is 4.24. The topological polar surface area (TPSA) is 73.1 Å². The second kappa shape index (κ2) is 5.16. The Morgan fingerprint density at radius 2 is 2.00 bits per heavy atom. The van der Waals surface area contributed by atoms with Crippen LogP contribution < -0.4 is 10.1 Å². The molecule has 0 aliphatic carbocycles. The van der Waals surface area contributed by atoms with Crippen molar-refractivity contribution in [2.45, 2.75) is 13.3 Å². The van der Waals surface area contributed by atoms with Gasteiger partial charge in [0.15, 0.2) is 0 Å². The Bertz CT molecular complexity index is 722. The van der Waals surface area contributed by atoms with Crippen molar-refractivity contribution in [3.05, 3.63) is 36.3 Å². The van der Waals surface area contributed by atoms with E-state index >= 15 is 0 Å². The number of methoxy groups -OCH3 is 1. The number of benzene rings is 1. The van der Waals surface area contributed by atoms with Crippen molar-refractivity contribution in [2.24, 2.45) is 0 Å². The molecule has 0 saturated heterocycles. The minimum Gasteiger partial charge on any atom is -0.497 e. The summed E-state index contributed by atoms with van der Waals surface area (Å²) in [6, 6.07) is 7.61. The lowest BCUT2D eigenvalue weighted by Crippen LogP contribution is -1.96. The lowest BCUT2D eigenvalue weighted by atomic mass is 10.2. The summed E-state index contributed by atoms with van der Waals surface area (Å²) in [4.78, 5) is 8.35. The molecule has 0 atom stereocenters. The van der Waals surface area contributed by atoms with Crippen LogP contribution in [-0.4, -0.2) is 22.2 Å². The number of ether oxygens (including phenoxy) is 1. The Balaban J connectivity index is 1.99. The predicted octanol–water partition coefficient (Wildman–Crippen LogP) is 2.93. The predicted molar refractivity (Wildman–Crippen MR) is 75.3 cm³/mol. The number of hydrogen-bond donors (Lipinski definition) is 1. The van der Waals surface area contributed by atoms with Gasteiger partial charge in [-0.2, -0.15) is 4.98 Å². The number of anilines is 2. The molecule has 2 heterocycles. The van der Waals surface area contributed by atoms with Crippen molar-refractivity contribution in [1.29, 1.82) is 0 Å². The first-order chi connectivity index (χ1) is 9.81. The maximum atomic E-state index is 5.19. The summed E-state index contributed by atoms with van der Waals surface area (Å²) in [5.41, 5.74) is 2.25. The number of aryl methyl sites for hydroxylation is 1. The summed E-state index contributed by atoms with van der Waals surface area (Å²) in [7, 11) is 1.64. The first-order valence-electron chi connectivity index (χ1n) is 6.32. The van der Waals surface area contributed by atoms with Gasteiger partial charge in [0.05, 0.1) is 12.8 Å². The highest BCUT2D eigenvalue weighted by molar-refractivity contribution is 5.89. The van der Waals surface area contributed by atoms with Gasteiger partial charge in [0.1, 0.15) is 23.3 Å². The van der Waals surface area contributed by atoms with Crippen molar-refractivity contribution in [3.63, 3.8) is 0 Å². The molecule has 20 heavy (non-hydrogen) atoms. The van der Waals surface area contributed by atoms with Gasteiger partial charge in [0.2, 0.25) is 0 Å². The Morgan fingerprint density at radius 3 is 2.70 bits per heavy atom. The van der Waals surface area contributed by atoms with E-state index in [1.807, 2.05) is 31.2 Å². The third-order valence-corrected chi connectivity index (χ3v) is 3.03. The van der Waals surface area contributed by atoms with E-state index in [0.717, 1.165) is 28.9 Å². The Labute approximate surface area is 115 Å². The fourth-order valence-electron chi connectivity index (χ4n) is 1.99. The molecule has 3 aromatic rings. The van der Waals surface area contributed by atoms with E-state index in [1.165, 1.54) is 6.33 Å². The first kappa shape index (κ1) is 12.4. The number of nitrogens with zero attached hydrogens (tertiary/aromatic N) is 3. The van der Waals surface area contributed by atoms with Crippen LogP contribution in [0.5, 0.6) is 5.75 Å². The summed E-state index contributed by atoms with van der Waals surface area (Å²) in [6.45, 7) is 2.02. The lowest BCUT2D eigenvalue weighted by Gasteiger charge is -2.07. The van der Waals surface area contributed by atoms with E-state index in [4.69, 9.17) is 9.26 Å². The van der Waals surface area contributed by atoms with Crippen molar-refractivity contribution in [1.82, 2.24) is 15.1 Å². The Kier molecular flexibility index (Phi) is 3.20. The zero-order valence-electron chi connectivity index (χ0n) is 11.3. The van der Waals surface area contributed by atoms with E-state index in [9.17, 15) is 0 Å². The van der Waals surface area contributed by atoms with Crippen molar-refractivity contribution >= 4 is 22.6 Å². The highest BCUT2D eigenvalue weighted by Crippen LogP contribution is 2.27. The van der Waals surface area contributed by atoms with Crippen molar-refractivity contribution < 1.29 is 9.26 Å². The summed E-state index contributed by atoms with van der Waals surface area (Å²) in [5.74, 6) is 1.50. The lowest BCUT2D eigenvalue weighted by molar-refractivity contribution is 0.415. The first-order valence-corrected chi connectivity index (χ1v) is 6.32. The number of nitrogens with one attached hydrogen (secondary N) is 1. The van der Waals surface area contributed by atoms with Crippen molar-refractivity contribution in [2.75, 3.05) is 12.4 Å². The van der Waals surface area contributed by atoms with Gasteiger partial charge in [-0.15, -0.1) is 0 Å². The summed E-state index contributed by atoms with van der Waals surface area (Å²) >= 11 is 0. The Morgan fingerprint density at radius 1 is 1.20 bits per heavy atom. The molecule has 0 fully saturated rings. The highest BCUT2D eigenvalue weighted by Gasteiger charge is 2.13. The van der Waals surface area contributed by atoms with Gasteiger partial charge >= 0.3 is 0 Å². The van der Waals surface area contributed by atoms with E-state index in [-0.39, 0.29) is 0 Å². The van der Waals surface area contributed by atoms with Crippen LogP contribution in [0.3, 0.4) is 0 Å². The molecule has 0 aliphatic rings. The van der Waals surface area contributed by atoms with Gasteiger partial charge in [-0.05, 0) is 30.7 Å². The molecule has 0 spiro atoms. The van der Waals surface area contributed by atoms with E-state index < -0.39 is 0 Å². The molecule has 102 valence electrons. The van der Waals surface area contributed by atoms with Crippen LogP contribution in [-0.2, 0) is 6.42 Å². The highest BCUT2D eigenvalue weighted by atomic mass is 16.5. The van der Waals surface area contributed by atoms with E-state index in [0.29, 0.717) is 11.5 Å². The van der Waals surface area contributed by atoms with Crippen molar-refractivity contribution in [3.8, 4) is 5.75 Å². The average Bonchev–Trinajstić information content (AvgIpc) is 2.92. The minimum atomic E-state index is 0.493. The normalized spacial score (nSPS) is 10.7. The molecule has 0 bridgehead atoms. The zero-order chi connectivity index (χ0) is 13.9. The standard InChI is InChI=1S/C14H14N4O2/c1-3-11-12-13(15-8-16-14(12)20-18-11)17-9-4-6-10(19-2)7-5-9/h4-8H,3H2,1-2H3,(H,15,16,17). The van der Waals surface area contributed by atoms with Crippen LogP contribution in [0.4, 0.5) is 11.5 Å². The monoisotopic (exact) mass is 270 g/mol. The molecule has 0 radical (unpaired) electrons. The molecule has 1 N–H and O–H groups in total. The maximum absolute atomic E-state index is 5.19. The van der Waals surface area contributed by atoms with Crippen LogP contribution in [0.15, 0.2) is 35.1 Å². The summed E-state index contributed by atoms with van der Waals surface area (Å²) in [6.07, 6.45) is 2.22. The molecule has 6 nitrogen and oxygen atoms in total. The SMILES string of the molecule is CCc1noc2ncnc(Nc3ccc(OC)cc3)c12. The van der Waals surface area contributed by atoms with Gasteiger partial charge in [0.25, 0.3) is 5.71 Å². The van der Waals surface area contributed by atoms with Gasteiger partial charge in [0, 0.05) is 5.69 Å². The minimum absolute atomic E-state index is 0.493. The molecule has 6 heteroatoms. The molecule has 0 saturated carbocycles. The molecular weight excluding hydrogens is 256 g/mol. The summed E-state index contributed by atoms with van der Waals surface area (Å²) < 4.78 is 10.3. The summed E-state index contributed by atoms with van der Waals surface area (Å²) in [5, 5.41) is 8.08. The number of fused-ring (bicyclic) bond motifs is 1. The molecular formula is C14H14N4O2. The van der Waals surface area contributed by atoms with Crippen LogP contribution in [0.25, 0.3) is 11.1 Å². The zero-order valence-corrected chi connectivity index (χ0v) is 11.3. The van der Waals surface area contributed by atoms with Crippen LogP contribution >= 0.6 is 0 Å². The number of aromatic nitrogens is 3. The second-order valence-electron chi connectivity index (χ2n) is 4.24. The largest absolute Gasteiger partial charge is 0.497 e. The average molecular weight is 270 g/mol. The van der Waals surface area contributed by atoms with Gasteiger partial charge in [-0.25, -0.2) is 4.98 Å². The van der Waals surface area contributed by atoms with E-state index in [1.54, 1.807) is 7.11 Å². The molecule has 2 aromatic heterocycles. The number of hydrogen-bond acceptors (Lipinski definition) is 6. The third kappa shape index (κ3) is 2.16. The maximum Gasteiger partial charge on any atom is 0.263 e. The third-order valence-electron chi connectivity index (χ3n) is 3.03. The molecule has 3 rings (SSSR count). The van der Waals surface area contributed by atoms with Gasteiger partial charge < -0.3 is 14.6 Å². The van der Waals surface area contributed by atoms with Gasteiger partial charge in [-0.1, -0.05) is 12.1 Å². The molecule has 1 aromatic carbocycles. The fraction of sp³-hybridized carbons (Fsp3) is 0.214. The quantitative estimate of drug-likeness (QED) is 0.785. The van der Waals surface area contributed by atoms with Gasteiger partial charge in [-0.3, -0.25) is 0 Å². The smallest absolute Gasteiger partial charge is 0.263 e. The Hall–Kier alpha value is -2.63. The molecule has 0 amide bonds. The van der Waals surface area contributed by atoms with Crippen LogP contribution in [0, 0.1) is 0 Å². The fourth-order valence-corrected chi connectivity index (χ4v) is 1.99. The van der Waals surface area contributed by atoms with E-state index in [2.05, 4.69) is 20.4 Å². The molecule has 0 unspecified atom stereocenters. The molecule has 0 aliphatic heterocycles.